The lowest BCUT2D eigenvalue weighted by Crippen LogP contribution is -1.88. The van der Waals surface area contributed by atoms with E-state index in [9.17, 15) is 0 Å². The Labute approximate surface area is 110 Å². The van der Waals surface area contributed by atoms with E-state index in [1.54, 1.807) is 6.20 Å². The Morgan fingerprint density at radius 3 is 2.88 bits per heavy atom. The molecule has 0 aliphatic rings. The van der Waals surface area contributed by atoms with Gasteiger partial charge < -0.3 is 4.52 Å². The molecule has 4 nitrogen and oxygen atoms in total. The molecule has 0 aromatic carbocycles. The summed E-state index contributed by atoms with van der Waals surface area (Å²) in [7, 11) is 0. The van der Waals surface area contributed by atoms with Crippen LogP contribution in [0.15, 0.2) is 27.3 Å². The second kappa shape index (κ2) is 5.05. The molecule has 0 amide bonds. The summed E-state index contributed by atoms with van der Waals surface area (Å²) in [4.78, 5) is 8.58. The van der Waals surface area contributed by atoms with Crippen LogP contribution in [-0.4, -0.2) is 15.1 Å². The van der Waals surface area contributed by atoms with Crippen LogP contribution in [0.3, 0.4) is 0 Å². The lowest BCUT2D eigenvalue weighted by atomic mass is 10.3. The van der Waals surface area contributed by atoms with E-state index >= 15 is 0 Å². The Bertz CT molecular complexity index is 469. The molecular weight excluding hydrogens is 338 g/mol. The van der Waals surface area contributed by atoms with Crippen molar-refractivity contribution in [1.82, 2.24) is 15.1 Å². The van der Waals surface area contributed by atoms with Gasteiger partial charge in [-0.3, -0.25) is 4.98 Å². The molecule has 2 rings (SSSR count). The van der Waals surface area contributed by atoms with Crippen LogP contribution in [0.4, 0.5) is 0 Å². The Morgan fingerprint density at radius 1 is 1.44 bits per heavy atom. The molecular formula is C10H9Br2N3O. The van der Waals surface area contributed by atoms with E-state index in [1.165, 1.54) is 0 Å². The third-order valence-corrected chi connectivity index (χ3v) is 3.53. The van der Waals surface area contributed by atoms with E-state index in [4.69, 9.17) is 4.52 Å². The molecule has 0 N–H and O–H groups in total. The first-order valence-electron chi connectivity index (χ1n) is 4.80. The van der Waals surface area contributed by atoms with Crippen molar-refractivity contribution in [3.8, 4) is 11.5 Å². The topological polar surface area (TPSA) is 51.8 Å². The average Bonchev–Trinajstić information content (AvgIpc) is 2.78. The van der Waals surface area contributed by atoms with Crippen LogP contribution in [0, 0.1) is 0 Å². The zero-order valence-electron chi connectivity index (χ0n) is 8.52. The average molecular weight is 347 g/mol. The van der Waals surface area contributed by atoms with Crippen molar-refractivity contribution in [1.29, 1.82) is 0 Å². The van der Waals surface area contributed by atoms with Crippen molar-refractivity contribution in [3.05, 3.63) is 28.7 Å². The van der Waals surface area contributed by atoms with Gasteiger partial charge in [0.15, 0.2) is 0 Å². The quantitative estimate of drug-likeness (QED) is 0.794. The van der Waals surface area contributed by atoms with Crippen LogP contribution in [0.25, 0.3) is 11.5 Å². The van der Waals surface area contributed by atoms with E-state index in [-0.39, 0.29) is 4.83 Å². The summed E-state index contributed by atoms with van der Waals surface area (Å²) in [6.45, 7) is 2.04. The number of alkyl halides is 1. The standard InChI is InChI=1S/C10H9Br2N3O/c1-2-7(12)10-14-9(15-16-10)8-4-3-6(11)5-13-8/h3-5,7H,2H2,1H3. The molecule has 0 saturated heterocycles. The molecule has 0 aliphatic heterocycles. The van der Waals surface area contributed by atoms with Gasteiger partial charge in [-0.05, 0) is 34.5 Å². The fourth-order valence-electron chi connectivity index (χ4n) is 1.15. The molecule has 0 aliphatic carbocycles. The molecule has 1 atom stereocenters. The van der Waals surface area contributed by atoms with Gasteiger partial charge in [-0.1, -0.05) is 28.0 Å². The Balaban J connectivity index is 2.28. The molecule has 2 aromatic rings. The maximum absolute atomic E-state index is 5.14. The molecule has 0 radical (unpaired) electrons. The van der Waals surface area contributed by atoms with Crippen LogP contribution in [-0.2, 0) is 0 Å². The summed E-state index contributed by atoms with van der Waals surface area (Å²) in [6.07, 6.45) is 2.60. The Morgan fingerprint density at radius 2 is 2.25 bits per heavy atom. The minimum atomic E-state index is 0.101. The lowest BCUT2D eigenvalue weighted by Gasteiger charge is -1.96. The maximum Gasteiger partial charge on any atom is 0.240 e. The van der Waals surface area contributed by atoms with Gasteiger partial charge in [-0.2, -0.15) is 4.98 Å². The normalized spacial score (nSPS) is 12.7. The summed E-state index contributed by atoms with van der Waals surface area (Å²) in [5, 5.41) is 3.89. The minimum absolute atomic E-state index is 0.101. The van der Waals surface area contributed by atoms with Gasteiger partial charge >= 0.3 is 0 Å². The highest BCUT2D eigenvalue weighted by Gasteiger charge is 2.15. The first-order valence-corrected chi connectivity index (χ1v) is 6.51. The van der Waals surface area contributed by atoms with Crippen LogP contribution in [0.2, 0.25) is 0 Å². The molecule has 0 bridgehead atoms. The van der Waals surface area contributed by atoms with E-state index in [0.29, 0.717) is 17.4 Å². The van der Waals surface area contributed by atoms with Crippen molar-refractivity contribution in [3.63, 3.8) is 0 Å². The number of hydrogen-bond donors (Lipinski definition) is 0. The first kappa shape index (κ1) is 11.7. The van der Waals surface area contributed by atoms with Crippen molar-refractivity contribution in [2.75, 3.05) is 0 Å². The molecule has 0 fully saturated rings. The number of pyridine rings is 1. The molecule has 0 saturated carbocycles. The molecule has 6 heteroatoms. The third-order valence-electron chi connectivity index (χ3n) is 2.02. The third kappa shape index (κ3) is 2.49. The number of nitrogens with zero attached hydrogens (tertiary/aromatic N) is 3. The van der Waals surface area contributed by atoms with Gasteiger partial charge in [0.2, 0.25) is 11.7 Å². The Hall–Kier alpha value is -0.750. The van der Waals surface area contributed by atoms with E-state index < -0.39 is 0 Å². The van der Waals surface area contributed by atoms with Crippen LogP contribution >= 0.6 is 31.9 Å². The van der Waals surface area contributed by atoms with Crippen molar-refractivity contribution >= 4 is 31.9 Å². The zero-order chi connectivity index (χ0) is 11.5. The van der Waals surface area contributed by atoms with E-state index in [2.05, 4.69) is 47.0 Å². The zero-order valence-corrected chi connectivity index (χ0v) is 11.7. The highest BCUT2D eigenvalue weighted by molar-refractivity contribution is 9.10. The lowest BCUT2D eigenvalue weighted by molar-refractivity contribution is 0.377. The molecule has 84 valence electrons. The van der Waals surface area contributed by atoms with Crippen LogP contribution in [0.1, 0.15) is 24.1 Å². The molecule has 2 heterocycles. The van der Waals surface area contributed by atoms with Gasteiger partial charge in [-0.25, -0.2) is 0 Å². The fourth-order valence-corrected chi connectivity index (χ4v) is 1.57. The van der Waals surface area contributed by atoms with Gasteiger partial charge in [0.25, 0.3) is 0 Å². The second-order valence-electron chi connectivity index (χ2n) is 3.19. The number of aromatic nitrogens is 3. The van der Waals surface area contributed by atoms with E-state index in [0.717, 1.165) is 10.9 Å². The first-order chi connectivity index (χ1) is 7.70. The number of hydrogen-bond acceptors (Lipinski definition) is 4. The van der Waals surface area contributed by atoms with Gasteiger partial charge in [0.05, 0.1) is 4.83 Å². The highest BCUT2D eigenvalue weighted by atomic mass is 79.9. The Kier molecular flexibility index (Phi) is 3.70. The summed E-state index contributed by atoms with van der Waals surface area (Å²) >= 11 is 6.78. The highest BCUT2D eigenvalue weighted by Crippen LogP contribution is 2.26. The molecule has 1 unspecified atom stereocenters. The van der Waals surface area contributed by atoms with E-state index in [1.807, 2.05) is 19.1 Å². The maximum atomic E-state index is 5.14. The summed E-state index contributed by atoms with van der Waals surface area (Å²) in [6, 6.07) is 3.73. The van der Waals surface area contributed by atoms with Crippen molar-refractivity contribution < 1.29 is 4.52 Å². The number of rotatable bonds is 3. The number of halogens is 2. The molecule has 16 heavy (non-hydrogen) atoms. The van der Waals surface area contributed by atoms with Gasteiger partial charge in [-0.15, -0.1) is 0 Å². The van der Waals surface area contributed by atoms with Crippen molar-refractivity contribution in [2.24, 2.45) is 0 Å². The summed E-state index contributed by atoms with van der Waals surface area (Å²) < 4.78 is 6.07. The summed E-state index contributed by atoms with van der Waals surface area (Å²) in [5.74, 6) is 1.10. The predicted molar refractivity (Wildman–Crippen MR) is 67.2 cm³/mol. The van der Waals surface area contributed by atoms with Crippen LogP contribution in [0.5, 0.6) is 0 Å². The molecule has 2 aromatic heterocycles. The van der Waals surface area contributed by atoms with Gasteiger partial charge in [0, 0.05) is 10.7 Å². The minimum Gasteiger partial charge on any atom is -0.338 e. The predicted octanol–water partition coefficient (Wildman–Crippen LogP) is 3.74. The van der Waals surface area contributed by atoms with Crippen molar-refractivity contribution in [2.45, 2.75) is 18.2 Å². The molecule has 0 spiro atoms. The smallest absolute Gasteiger partial charge is 0.240 e. The summed E-state index contributed by atoms with van der Waals surface area (Å²) in [5.41, 5.74) is 0.703. The monoisotopic (exact) mass is 345 g/mol. The van der Waals surface area contributed by atoms with Crippen LogP contribution < -0.4 is 0 Å². The largest absolute Gasteiger partial charge is 0.338 e. The fraction of sp³-hybridized carbons (Fsp3) is 0.300. The van der Waals surface area contributed by atoms with Gasteiger partial charge in [0.1, 0.15) is 5.69 Å². The second-order valence-corrected chi connectivity index (χ2v) is 5.21. The SMILES string of the molecule is CCC(Br)c1nc(-c2ccc(Br)cn2)no1.